The number of hydrogen-bond acceptors (Lipinski definition) is 5. The van der Waals surface area contributed by atoms with E-state index in [-0.39, 0.29) is 28.7 Å². The molecule has 1 aliphatic carbocycles. The summed E-state index contributed by atoms with van der Waals surface area (Å²) in [6.07, 6.45) is 7.38. The third-order valence-corrected chi connectivity index (χ3v) is 4.25. The fraction of sp³-hybridized carbons (Fsp3) is 0.706. The zero-order valence-electron chi connectivity index (χ0n) is 14.7. The molecule has 1 N–H and O–H groups in total. The van der Waals surface area contributed by atoms with Gasteiger partial charge in [-0.3, -0.25) is 10.1 Å². The highest BCUT2D eigenvalue weighted by atomic mass is 16.6. The Labute approximate surface area is 142 Å². The number of carbonyl (C=O) groups excluding carboxylic acids is 1. The van der Waals surface area contributed by atoms with Crippen LogP contribution in [0.1, 0.15) is 40.0 Å². The molecule has 0 bridgehead atoms. The number of rotatable bonds is 4. The second-order valence-corrected chi connectivity index (χ2v) is 7.36. The molecule has 0 saturated carbocycles. The first-order chi connectivity index (χ1) is 11.3. The van der Waals surface area contributed by atoms with Crippen LogP contribution in [0.25, 0.3) is 0 Å². The van der Waals surface area contributed by atoms with E-state index in [9.17, 15) is 14.9 Å². The van der Waals surface area contributed by atoms with Gasteiger partial charge in [0, 0.05) is 31.8 Å². The van der Waals surface area contributed by atoms with Crippen molar-refractivity contribution in [2.75, 3.05) is 19.6 Å². The summed E-state index contributed by atoms with van der Waals surface area (Å²) in [5.41, 5.74) is -0.206. The average Bonchev–Trinajstić information content (AvgIpc) is 2.52. The molecule has 0 spiro atoms. The highest BCUT2D eigenvalue weighted by molar-refractivity contribution is 5.68. The van der Waals surface area contributed by atoms with Crippen LogP contribution in [-0.4, -0.2) is 47.2 Å². The minimum absolute atomic E-state index is 0.0890. The molecule has 0 aromatic heterocycles. The lowest BCUT2D eigenvalue weighted by Gasteiger charge is -2.34. The van der Waals surface area contributed by atoms with Gasteiger partial charge >= 0.3 is 6.09 Å². The molecule has 0 radical (unpaired) electrons. The summed E-state index contributed by atoms with van der Waals surface area (Å²) in [7, 11) is 0. The first-order valence-electron chi connectivity index (χ1n) is 8.48. The smallest absolute Gasteiger partial charge is 0.410 e. The molecule has 24 heavy (non-hydrogen) atoms. The molecule has 2 rings (SSSR count). The molecular weight excluding hydrogens is 310 g/mol. The van der Waals surface area contributed by atoms with Crippen molar-refractivity contribution in [1.82, 2.24) is 10.2 Å². The molecule has 7 heteroatoms. The molecule has 1 atom stereocenters. The standard InChI is InChI=1S/C17H27N3O4/c1-17(2,3)24-16(21)19-10-8-14(9-11-19)18-12-13-6-4-5-7-15(13)20(22)23/h4-5,7,13-14,18H,6,8-12H2,1-3H3. The van der Waals surface area contributed by atoms with Crippen LogP contribution >= 0.6 is 0 Å². The van der Waals surface area contributed by atoms with Gasteiger partial charge < -0.3 is 15.0 Å². The number of piperidine rings is 1. The lowest BCUT2D eigenvalue weighted by Crippen LogP contribution is -2.47. The van der Waals surface area contributed by atoms with Gasteiger partial charge in [0.15, 0.2) is 0 Å². The van der Waals surface area contributed by atoms with E-state index >= 15 is 0 Å². The van der Waals surface area contributed by atoms with E-state index in [0.29, 0.717) is 26.1 Å². The van der Waals surface area contributed by atoms with Crippen LogP contribution in [0.4, 0.5) is 4.79 Å². The minimum Gasteiger partial charge on any atom is -0.444 e. The predicted octanol–water partition coefficient (Wildman–Crippen LogP) is 2.71. The number of nitrogens with zero attached hydrogens (tertiary/aromatic N) is 2. The summed E-state index contributed by atoms with van der Waals surface area (Å²) in [5, 5.41) is 14.5. The number of ether oxygens (including phenoxy) is 1. The van der Waals surface area contributed by atoms with Gasteiger partial charge in [-0.1, -0.05) is 12.2 Å². The summed E-state index contributed by atoms with van der Waals surface area (Å²) >= 11 is 0. The van der Waals surface area contributed by atoms with Crippen LogP contribution in [0.5, 0.6) is 0 Å². The summed E-state index contributed by atoms with van der Waals surface area (Å²) in [4.78, 5) is 24.5. The SMILES string of the molecule is CC(C)(C)OC(=O)N1CCC(NCC2CC=CC=C2[N+](=O)[O-])CC1. The number of nitrogens with one attached hydrogen (secondary N) is 1. The minimum atomic E-state index is -0.480. The van der Waals surface area contributed by atoms with Crippen LogP contribution in [0.2, 0.25) is 0 Å². The Morgan fingerprint density at radius 2 is 2.08 bits per heavy atom. The van der Waals surface area contributed by atoms with Crippen molar-refractivity contribution < 1.29 is 14.5 Å². The van der Waals surface area contributed by atoms with Crippen molar-refractivity contribution in [3.05, 3.63) is 34.0 Å². The van der Waals surface area contributed by atoms with Crippen LogP contribution in [0.15, 0.2) is 23.9 Å². The van der Waals surface area contributed by atoms with Crippen molar-refractivity contribution in [1.29, 1.82) is 0 Å². The Bertz CT molecular complexity index is 528. The predicted molar refractivity (Wildman–Crippen MR) is 91.2 cm³/mol. The Balaban J connectivity index is 1.75. The second kappa shape index (κ2) is 7.79. The van der Waals surface area contributed by atoms with Crippen LogP contribution in [0, 0.1) is 16.0 Å². The molecule has 1 aliphatic heterocycles. The molecule has 1 fully saturated rings. The largest absolute Gasteiger partial charge is 0.444 e. The monoisotopic (exact) mass is 337 g/mol. The summed E-state index contributed by atoms with van der Waals surface area (Å²) in [6, 6.07) is 0.280. The molecule has 1 saturated heterocycles. The van der Waals surface area contributed by atoms with Crippen molar-refractivity contribution in [2.45, 2.75) is 51.7 Å². The van der Waals surface area contributed by atoms with Gasteiger partial charge in [-0.2, -0.15) is 0 Å². The maximum atomic E-state index is 12.0. The molecule has 2 aliphatic rings. The van der Waals surface area contributed by atoms with E-state index in [2.05, 4.69) is 5.32 Å². The van der Waals surface area contributed by atoms with Crippen LogP contribution < -0.4 is 5.32 Å². The lowest BCUT2D eigenvalue weighted by molar-refractivity contribution is -0.433. The van der Waals surface area contributed by atoms with Gasteiger partial charge in [0.2, 0.25) is 0 Å². The number of nitro groups is 1. The van der Waals surface area contributed by atoms with E-state index in [1.54, 1.807) is 17.1 Å². The number of likely N-dealkylation sites (tertiary alicyclic amines) is 1. The fourth-order valence-electron chi connectivity index (χ4n) is 2.97. The number of amides is 1. The van der Waals surface area contributed by atoms with Gasteiger partial charge in [0.25, 0.3) is 5.70 Å². The van der Waals surface area contributed by atoms with E-state index in [4.69, 9.17) is 4.74 Å². The number of allylic oxidation sites excluding steroid dienone is 3. The van der Waals surface area contributed by atoms with Gasteiger partial charge in [0.05, 0.1) is 10.8 Å². The van der Waals surface area contributed by atoms with Crippen molar-refractivity contribution in [2.24, 2.45) is 5.92 Å². The van der Waals surface area contributed by atoms with Gasteiger partial charge in [-0.25, -0.2) is 4.79 Å². The van der Waals surface area contributed by atoms with Gasteiger partial charge in [-0.15, -0.1) is 0 Å². The lowest BCUT2D eigenvalue weighted by atomic mass is 9.96. The summed E-state index contributed by atoms with van der Waals surface area (Å²) in [6.45, 7) is 7.47. The highest BCUT2D eigenvalue weighted by Gasteiger charge is 2.29. The van der Waals surface area contributed by atoms with Gasteiger partial charge in [0.1, 0.15) is 5.60 Å². The maximum absolute atomic E-state index is 12.0. The first kappa shape index (κ1) is 18.4. The molecular formula is C17H27N3O4. The molecule has 0 aromatic rings. The summed E-state index contributed by atoms with van der Waals surface area (Å²) < 4.78 is 5.38. The van der Waals surface area contributed by atoms with E-state index < -0.39 is 5.60 Å². The molecule has 1 unspecified atom stereocenters. The van der Waals surface area contributed by atoms with Gasteiger partial charge in [-0.05, 0) is 40.0 Å². The number of hydrogen-bond donors (Lipinski definition) is 1. The Hall–Kier alpha value is -1.89. The fourth-order valence-corrected chi connectivity index (χ4v) is 2.97. The molecule has 1 amide bonds. The van der Waals surface area contributed by atoms with Crippen LogP contribution in [-0.2, 0) is 4.74 Å². The average molecular weight is 337 g/mol. The summed E-state index contributed by atoms with van der Waals surface area (Å²) in [5.74, 6) is -0.0890. The third kappa shape index (κ3) is 5.33. The van der Waals surface area contributed by atoms with Crippen molar-refractivity contribution in [3.63, 3.8) is 0 Å². The first-order valence-corrected chi connectivity index (χ1v) is 8.48. The van der Waals surface area contributed by atoms with Crippen molar-refractivity contribution in [3.8, 4) is 0 Å². The maximum Gasteiger partial charge on any atom is 0.410 e. The van der Waals surface area contributed by atoms with Crippen molar-refractivity contribution >= 4 is 6.09 Å². The zero-order valence-corrected chi connectivity index (χ0v) is 14.7. The zero-order chi connectivity index (χ0) is 17.7. The van der Waals surface area contributed by atoms with E-state index in [1.165, 1.54) is 0 Å². The Morgan fingerprint density at radius 1 is 1.42 bits per heavy atom. The molecule has 7 nitrogen and oxygen atoms in total. The normalized spacial score (nSPS) is 22.2. The number of carbonyl (C=O) groups is 1. The van der Waals surface area contributed by atoms with E-state index in [1.807, 2.05) is 26.8 Å². The molecule has 0 aromatic carbocycles. The van der Waals surface area contributed by atoms with E-state index in [0.717, 1.165) is 12.8 Å². The topological polar surface area (TPSA) is 84.7 Å². The Morgan fingerprint density at radius 3 is 2.67 bits per heavy atom. The highest BCUT2D eigenvalue weighted by Crippen LogP contribution is 2.21. The second-order valence-electron chi connectivity index (χ2n) is 7.36. The molecule has 134 valence electrons. The molecule has 1 heterocycles. The third-order valence-electron chi connectivity index (χ3n) is 4.25. The quantitative estimate of drug-likeness (QED) is 0.630. The Kier molecular flexibility index (Phi) is 5.99. The van der Waals surface area contributed by atoms with Crippen LogP contribution in [0.3, 0.4) is 0 Å².